The van der Waals surface area contributed by atoms with Gasteiger partial charge >= 0.3 is 0 Å². The van der Waals surface area contributed by atoms with E-state index in [4.69, 9.17) is 15.5 Å². The summed E-state index contributed by atoms with van der Waals surface area (Å²) >= 11 is 0. The smallest absolute Gasteiger partial charge is 0.129 e. The van der Waals surface area contributed by atoms with Crippen molar-refractivity contribution in [3.63, 3.8) is 0 Å². The molecule has 2 aromatic rings. The minimum atomic E-state index is 0.590. The first-order valence-electron chi connectivity index (χ1n) is 9.98. The molecular weight excluding hydrogens is 350 g/mol. The number of hydrogen-bond donors (Lipinski definition) is 1. The molecule has 0 radical (unpaired) electrons. The molecule has 1 aromatic carbocycles. The Bertz CT molecular complexity index is 764. The molecule has 1 saturated heterocycles. The standard InChI is InChI=1S/C22H33N5O/c1-17-13-18(2)24-22(14-17)27-9-7-26(8-10-27)21-6-5-20(23)15-19(21)16-28-12-11-25(3)4/h5-6,13-15H,7-12,16,23H2,1-4H3. The lowest BCUT2D eigenvalue weighted by molar-refractivity contribution is 0.105. The van der Waals surface area contributed by atoms with Gasteiger partial charge in [0.15, 0.2) is 0 Å². The van der Waals surface area contributed by atoms with Gasteiger partial charge in [0.2, 0.25) is 0 Å². The molecule has 1 aliphatic rings. The van der Waals surface area contributed by atoms with Crippen molar-refractivity contribution >= 4 is 17.2 Å². The third-order valence-electron chi connectivity index (χ3n) is 5.07. The number of rotatable bonds is 7. The molecule has 152 valence electrons. The number of nitrogens with zero attached hydrogens (tertiary/aromatic N) is 4. The molecule has 6 heteroatoms. The van der Waals surface area contributed by atoms with E-state index in [0.717, 1.165) is 55.5 Å². The maximum atomic E-state index is 6.04. The van der Waals surface area contributed by atoms with Crippen LogP contribution in [0.5, 0.6) is 0 Å². The van der Waals surface area contributed by atoms with Gasteiger partial charge in [-0.15, -0.1) is 0 Å². The van der Waals surface area contributed by atoms with E-state index in [1.54, 1.807) is 0 Å². The second kappa shape index (κ2) is 9.26. The van der Waals surface area contributed by atoms with Crippen LogP contribution in [0.2, 0.25) is 0 Å². The van der Waals surface area contributed by atoms with E-state index in [0.29, 0.717) is 13.2 Å². The van der Waals surface area contributed by atoms with E-state index in [1.807, 2.05) is 12.1 Å². The fourth-order valence-corrected chi connectivity index (χ4v) is 3.62. The Labute approximate surface area is 168 Å². The summed E-state index contributed by atoms with van der Waals surface area (Å²) in [5.41, 5.74) is 11.6. The van der Waals surface area contributed by atoms with Crippen molar-refractivity contribution in [2.45, 2.75) is 20.5 Å². The van der Waals surface area contributed by atoms with Crippen LogP contribution >= 0.6 is 0 Å². The topological polar surface area (TPSA) is 57.9 Å². The van der Waals surface area contributed by atoms with Gasteiger partial charge in [-0.2, -0.15) is 0 Å². The molecule has 1 aliphatic heterocycles. The summed E-state index contributed by atoms with van der Waals surface area (Å²) in [6.45, 7) is 10.3. The van der Waals surface area contributed by atoms with E-state index in [1.165, 1.54) is 11.3 Å². The first kappa shape index (κ1) is 20.4. The van der Waals surface area contributed by atoms with Crippen molar-refractivity contribution in [1.29, 1.82) is 0 Å². The minimum absolute atomic E-state index is 0.590. The number of piperazine rings is 1. The van der Waals surface area contributed by atoms with E-state index < -0.39 is 0 Å². The molecule has 1 aromatic heterocycles. The first-order valence-corrected chi connectivity index (χ1v) is 9.98. The fraction of sp³-hybridized carbons (Fsp3) is 0.500. The number of anilines is 3. The summed E-state index contributed by atoms with van der Waals surface area (Å²) in [5, 5.41) is 0. The number of nitrogen functional groups attached to an aromatic ring is 1. The largest absolute Gasteiger partial charge is 0.399 e. The van der Waals surface area contributed by atoms with Crippen molar-refractivity contribution in [3.8, 4) is 0 Å². The minimum Gasteiger partial charge on any atom is -0.399 e. The molecule has 0 unspecified atom stereocenters. The van der Waals surface area contributed by atoms with Gasteiger partial charge in [-0.05, 0) is 63.8 Å². The summed E-state index contributed by atoms with van der Waals surface area (Å²) in [5.74, 6) is 1.08. The molecule has 6 nitrogen and oxygen atoms in total. The number of benzene rings is 1. The molecule has 2 N–H and O–H groups in total. The summed E-state index contributed by atoms with van der Waals surface area (Å²) in [6.07, 6.45) is 0. The van der Waals surface area contributed by atoms with Gasteiger partial charge in [-0.3, -0.25) is 0 Å². The van der Waals surface area contributed by atoms with Crippen LogP contribution in [0.25, 0.3) is 0 Å². The Balaban J connectivity index is 1.64. The van der Waals surface area contributed by atoms with Gasteiger partial charge in [0.05, 0.1) is 13.2 Å². The van der Waals surface area contributed by atoms with Crippen LogP contribution in [-0.4, -0.2) is 63.3 Å². The number of ether oxygens (including phenoxy) is 1. The van der Waals surface area contributed by atoms with E-state index in [9.17, 15) is 0 Å². The number of likely N-dealkylation sites (N-methyl/N-ethyl adjacent to an activating group) is 1. The molecule has 0 aliphatic carbocycles. The van der Waals surface area contributed by atoms with Crippen LogP contribution in [0, 0.1) is 13.8 Å². The van der Waals surface area contributed by atoms with Gasteiger partial charge in [-0.25, -0.2) is 4.98 Å². The highest BCUT2D eigenvalue weighted by atomic mass is 16.5. The fourth-order valence-electron chi connectivity index (χ4n) is 3.62. The quantitative estimate of drug-likeness (QED) is 0.586. The molecule has 3 rings (SSSR count). The van der Waals surface area contributed by atoms with Crippen LogP contribution < -0.4 is 15.5 Å². The average Bonchev–Trinajstić information content (AvgIpc) is 2.65. The van der Waals surface area contributed by atoms with Crippen molar-refractivity contribution < 1.29 is 4.74 Å². The lowest BCUT2D eigenvalue weighted by atomic mass is 10.1. The molecular formula is C22H33N5O. The van der Waals surface area contributed by atoms with Crippen molar-refractivity contribution in [2.24, 2.45) is 0 Å². The van der Waals surface area contributed by atoms with Gasteiger partial charge in [0.1, 0.15) is 5.82 Å². The highest BCUT2D eigenvalue weighted by Gasteiger charge is 2.20. The zero-order chi connectivity index (χ0) is 20.1. The van der Waals surface area contributed by atoms with E-state index >= 15 is 0 Å². The molecule has 0 saturated carbocycles. The third-order valence-corrected chi connectivity index (χ3v) is 5.07. The predicted molar refractivity (Wildman–Crippen MR) is 117 cm³/mol. The van der Waals surface area contributed by atoms with Crippen LogP contribution in [0.15, 0.2) is 30.3 Å². The lowest BCUT2D eigenvalue weighted by Gasteiger charge is -2.37. The molecule has 0 atom stereocenters. The second-order valence-electron chi connectivity index (χ2n) is 7.86. The number of hydrogen-bond acceptors (Lipinski definition) is 6. The molecule has 0 bridgehead atoms. The van der Waals surface area contributed by atoms with Crippen LogP contribution in [0.1, 0.15) is 16.8 Å². The number of aromatic nitrogens is 1. The average molecular weight is 384 g/mol. The Morgan fingerprint density at radius 3 is 2.43 bits per heavy atom. The zero-order valence-electron chi connectivity index (χ0n) is 17.6. The SMILES string of the molecule is Cc1cc(C)nc(N2CCN(c3ccc(N)cc3COCCN(C)C)CC2)c1. The maximum absolute atomic E-state index is 6.04. The number of nitrogens with two attached hydrogens (primary N) is 1. The highest BCUT2D eigenvalue weighted by Crippen LogP contribution is 2.26. The molecule has 1 fully saturated rings. The van der Waals surface area contributed by atoms with E-state index in [2.05, 4.69) is 60.8 Å². The Hall–Kier alpha value is -2.31. The first-order chi connectivity index (χ1) is 13.4. The predicted octanol–water partition coefficient (Wildman–Crippen LogP) is 2.69. The molecule has 2 heterocycles. The van der Waals surface area contributed by atoms with Crippen LogP contribution in [-0.2, 0) is 11.3 Å². The molecule has 0 amide bonds. The molecule has 28 heavy (non-hydrogen) atoms. The third kappa shape index (κ3) is 5.36. The van der Waals surface area contributed by atoms with Gasteiger partial charge < -0.3 is 25.2 Å². The van der Waals surface area contributed by atoms with E-state index in [-0.39, 0.29) is 0 Å². The summed E-state index contributed by atoms with van der Waals surface area (Å²) in [4.78, 5) is 11.7. The molecule has 0 spiro atoms. The second-order valence-corrected chi connectivity index (χ2v) is 7.86. The normalized spacial score (nSPS) is 14.8. The lowest BCUT2D eigenvalue weighted by Crippen LogP contribution is -2.47. The van der Waals surface area contributed by atoms with Gasteiger partial charge in [-0.1, -0.05) is 0 Å². The Morgan fingerprint density at radius 2 is 1.75 bits per heavy atom. The van der Waals surface area contributed by atoms with Crippen molar-refractivity contribution in [2.75, 3.05) is 69.0 Å². The number of pyridine rings is 1. The summed E-state index contributed by atoms with van der Waals surface area (Å²) in [6, 6.07) is 10.5. The van der Waals surface area contributed by atoms with Crippen LogP contribution in [0.3, 0.4) is 0 Å². The zero-order valence-corrected chi connectivity index (χ0v) is 17.6. The maximum Gasteiger partial charge on any atom is 0.129 e. The summed E-state index contributed by atoms with van der Waals surface area (Å²) < 4.78 is 5.89. The van der Waals surface area contributed by atoms with Gasteiger partial charge in [0.25, 0.3) is 0 Å². The van der Waals surface area contributed by atoms with Gasteiger partial charge in [0, 0.05) is 55.4 Å². The number of aryl methyl sites for hydroxylation is 2. The Morgan fingerprint density at radius 1 is 1.04 bits per heavy atom. The Kier molecular flexibility index (Phi) is 6.75. The van der Waals surface area contributed by atoms with Crippen molar-refractivity contribution in [1.82, 2.24) is 9.88 Å². The highest BCUT2D eigenvalue weighted by molar-refractivity contribution is 5.60. The van der Waals surface area contributed by atoms with Crippen molar-refractivity contribution in [3.05, 3.63) is 47.2 Å². The van der Waals surface area contributed by atoms with Crippen LogP contribution in [0.4, 0.5) is 17.2 Å². The summed E-state index contributed by atoms with van der Waals surface area (Å²) in [7, 11) is 4.11. The monoisotopic (exact) mass is 383 g/mol.